The summed E-state index contributed by atoms with van der Waals surface area (Å²) in [5.74, 6) is 0. The maximum atomic E-state index is 12.3. The summed E-state index contributed by atoms with van der Waals surface area (Å²) in [7, 11) is 0. The summed E-state index contributed by atoms with van der Waals surface area (Å²) in [4.78, 5) is 0. The summed E-state index contributed by atoms with van der Waals surface area (Å²) in [6, 6.07) is 4.49. The molecule has 0 fully saturated rings. The van der Waals surface area contributed by atoms with Gasteiger partial charge in [0.05, 0.1) is 0 Å². The van der Waals surface area contributed by atoms with Gasteiger partial charge in [-0.05, 0) is 23.8 Å². The van der Waals surface area contributed by atoms with Gasteiger partial charge in [0, 0.05) is 8.95 Å². The van der Waals surface area contributed by atoms with Crippen molar-refractivity contribution in [2.24, 2.45) is 0 Å². The van der Waals surface area contributed by atoms with E-state index in [0.717, 1.165) is 0 Å². The van der Waals surface area contributed by atoms with Crippen LogP contribution in [0.5, 0.6) is 0 Å². The summed E-state index contributed by atoms with van der Waals surface area (Å²) in [6.45, 7) is 0. The Morgan fingerprint density at radius 2 is 1.79 bits per heavy atom. The fraction of sp³-hybridized carbons (Fsp3) is 0.250. The van der Waals surface area contributed by atoms with E-state index >= 15 is 0 Å². The Balaban J connectivity index is 3.12. The number of hydrogen-bond donors (Lipinski definition) is 0. The van der Waals surface area contributed by atoms with E-state index in [2.05, 4.69) is 31.9 Å². The lowest BCUT2D eigenvalue weighted by atomic mass is 10.1. The summed E-state index contributed by atoms with van der Waals surface area (Å²) in [5, 5.41) is -1.99. The first-order valence-electron chi connectivity index (χ1n) is 3.48. The molecule has 0 nitrogen and oxygen atoms in total. The lowest BCUT2D eigenvalue weighted by Crippen LogP contribution is -2.16. The van der Waals surface area contributed by atoms with Crippen molar-refractivity contribution in [3.63, 3.8) is 0 Å². The molecule has 0 radical (unpaired) electrons. The smallest absolute Gasteiger partial charge is 0.169 e. The molecule has 0 saturated carbocycles. The molecule has 0 bridgehead atoms. The summed E-state index contributed by atoms with van der Waals surface area (Å²) in [6.07, 6.45) is -4.44. The molecule has 0 aliphatic carbocycles. The third-order valence-electron chi connectivity index (χ3n) is 1.52. The van der Waals surface area contributed by atoms with E-state index in [4.69, 9.17) is 11.6 Å². The molecule has 78 valence electrons. The molecule has 0 aliphatic rings. The van der Waals surface area contributed by atoms with E-state index in [0.29, 0.717) is 8.95 Å². The lowest BCUT2D eigenvalue weighted by molar-refractivity contribution is -0.131. The second-order valence-electron chi connectivity index (χ2n) is 2.57. The number of rotatable bonds is 1. The Morgan fingerprint density at radius 3 is 2.29 bits per heavy atom. The first-order valence-corrected chi connectivity index (χ1v) is 5.50. The van der Waals surface area contributed by atoms with E-state index < -0.39 is 11.6 Å². The van der Waals surface area contributed by atoms with E-state index in [1.165, 1.54) is 12.1 Å². The fourth-order valence-corrected chi connectivity index (χ4v) is 2.05. The van der Waals surface area contributed by atoms with Gasteiger partial charge in [-0.1, -0.05) is 31.9 Å². The van der Waals surface area contributed by atoms with Gasteiger partial charge in [-0.25, -0.2) is 0 Å². The molecule has 0 aromatic heterocycles. The predicted octanol–water partition coefficient (Wildman–Crippen LogP) is 5.05. The zero-order valence-corrected chi connectivity index (χ0v) is 10.5. The van der Waals surface area contributed by atoms with Gasteiger partial charge in [-0.3, -0.25) is 0 Å². The maximum absolute atomic E-state index is 12.3. The van der Waals surface area contributed by atoms with Crippen molar-refractivity contribution in [1.82, 2.24) is 0 Å². The molecule has 1 unspecified atom stereocenters. The second kappa shape index (κ2) is 4.41. The van der Waals surface area contributed by atoms with Gasteiger partial charge >= 0.3 is 6.18 Å². The van der Waals surface area contributed by atoms with Crippen molar-refractivity contribution in [3.05, 3.63) is 32.7 Å². The Kier molecular flexibility index (Phi) is 3.88. The van der Waals surface area contributed by atoms with Crippen molar-refractivity contribution in [3.8, 4) is 0 Å². The average Bonchev–Trinajstić information content (AvgIpc) is 2.06. The van der Waals surface area contributed by atoms with Crippen molar-refractivity contribution in [1.29, 1.82) is 0 Å². The molecular formula is C8H4Br2ClF3. The zero-order chi connectivity index (χ0) is 10.9. The van der Waals surface area contributed by atoms with Gasteiger partial charge in [0.1, 0.15) is 0 Å². The zero-order valence-electron chi connectivity index (χ0n) is 6.58. The maximum Gasteiger partial charge on any atom is 0.408 e. The SMILES string of the molecule is FC(F)(F)C(Cl)c1cc(Br)ccc1Br. The highest BCUT2D eigenvalue weighted by atomic mass is 79.9. The highest BCUT2D eigenvalue weighted by molar-refractivity contribution is 9.11. The molecule has 6 heteroatoms. The van der Waals surface area contributed by atoms with Crippen LogP contribution in [-0.2, 0) is 0 Å². The third-order valence-corrected chi connectivity index (χ3v) is 3.22. The van der Waals surface area contributed by atoms with Crippen molar-refractivity contribution < 1.29 is 13.2 Å². The quantitative estimate of drug-likeness (QED) is 0.620. The van der Waals surface area contributed by atoms with Gasteiger partial charge in [-0.15, -0.1) is 11.6 Å². The Morgan fingerprint density at radius 1 is 1.21 bits per heavy atom. The van der Waals surface area contributed by atoms with Crippen LogP contribution in [-0.4, -0.2) is 6.18 Å². The molecule has 0 heterocycles. The van der Waals surface area contributed by atoms with Crippen molar-refractivity contribution >= 4 is 43.5 Å². The molecule has 1 aromatic rings. The first kappa shape index (κ1) is 12.3. The minimum absolute atomic E-state index is 0.00791. The topological polar surface area (TPSA) is 0 Å². The molecule has 0 amide bonds. The number of halogens is 6. The summed E-state index contributed by atoms with van der Waals surface area (Å²) in [5.41, 5.74) is 0.00791. The predicted molar refractivity (Wildman–Crippen MR) is 56.5 cm³/mol. The van der Waals surface area contributed by atoms with E-state index in [-0.39, 0.29) is 5.56 Å². The van der Waals surface area contributed by atoms with Crippen LogP contribution >= 0.6 is 43.5 Å². The van der Waals surface area contributed by atoms with Crippen LogP contribution in [0.3, 0.4) is 0 Å². The van der Waals surface area contributed by atoms with Gasteiger partial charge < -0.3 is 0 Å². The Hall–Kier alpha value is 0.260. The van der Waals surface area contributed by atoms with Crippen LogP contribution in [0.25, 0.3) is 0 Å². The Labute approximate surface area is 101 Å². The van der Waals surface area contributed by atoms with Gasteiger partial charge in [0.25, 0.3) is 0 Å². The molecule has 0 spiro atoms. The first-order chi connectivity index (χ1) is 6.32. The number of benzene rings is 1. The lowest BCUT2D eigenvalue weighted by Gasteiger charge is -2.15. The third kappa shape index (κ3) is 2.87. The van der Waals surface area contributed by atoms with Crippen LogP contribution < -0.4 is 0 Å². The molecule has 0 aliphatic heterocycles. The molecular weight excluding hydrogens is 348 g/mol. The van der Waals surface area contributed by atoms with E-state index in [9.17, 15) is 13.2 Å². The largest absolute Gasteiger partial charge is 0.408 e. The standard InChI is InChI=1S/C8H4Br2ClF3/c9-4-1-2-6(10)5(3-4)7(11)8(12,13)14/h1-3,7H. The van der Waals surface area contributed by atoms with Crippen LogP contribution in [0.1, 0.15) is 10.9 Å². The molecule has 0 saturated heterocycles. The molecule has 1 aromatic carbocycles. The molecule has 1 atom stereocenters. The highest BCUT2D eigenvalue weighted by Gasteiger charge is 2.40. The van der Waals surface area contributed by atoms with Gasteiger partial charge in [-0.2, -0.15) is 13.2 Å². The van der Waals surface area contributed by atoms with E-state index in [1.807, 2.05) is 0 Å². The van der Waals surface area contributed by atoms with Crippen LogP contribution in [0, 0.1) is 0 Å². The normalized spacial score (nSPS) is 14.1. The van der Waals surface area contributed by atoms with Gasteiger partial charge in [0.15, 0.2) is 5.38 Å². The van der Waals surface area contributed by atoms with E-state index in [1.54, 1.807) is 6.07 Å². The Bertz CT molecular complexity index is 338. The summed E-state index contributed by atoms with van der Waals surface area (Å²) >= 11 is 11.4. The van der Waals surface area contributed by atoms with Crippen LogP contribution in [0.15, 0.2) is 27.1 Å². The highest BCUT2D eigenvalue weighted by Crippen LogP contribution is 2.41. The molecule has 1 rings (SSSR count). The van der Waals surface area contributed by atoms with Crippen LogP contribution in [0.2, 0.25) is 0 Å². The number of alkyl halides is 4. The summed E-state index contributed by atoms with van der Waals surface area (Å²) < 4.78 is 37.7. The molecule has 14 heavy (non-hydrogen) atoms. The minimum Gasteiger partial charge on any atom is -0.169 e. The average molecular weight is 352 g/mol. The van der Waals surface area contributed by atoms with Gasteiger partial charge in [0.2, 0.25) is 0 Å². The molecule has 0 N–H and O–H groups in total. The van der Waals surface area contributed by atoms with Crippen molar-refractivity contribution in [2.75, 3.05) is 0 Å². The fourth-order valence-electron chi connectivity index (χ4n) is 0.885. The van der Waals surface area contributed by atoms with Crippen LogP contribution in [0.4, 0.5) is 13.2 Å². The monoisotopic (exact) mass is 350 g/mol. The number of hydrogen-bond acceptors (Lipinski definition) is 0. The van der Waals surface area contributed by atoms with Crippen molar-refractivity contribution in [2.45, 2.75) is 11.6 Å². The minimum atomic E-state index is -4.44. The second-order valence-corrected chi connectivity index (χ2v) is 4.78.